The second kappa shape index (κ2) is 7.77. The zero-order valence-electron chi connectivity index (χ0n) is 14.0. The molecule has 1 atom stereocenters. The van der Waals surface area contributed by atoms with Crippen molar-refractivity contribution < 1.29 is 13.2 Å². The van der Waals surface area contributed by atoms with Gasteiger partial charge in [-0.15, -0.1) is 0 Å². The molecule has 1 amide bonds. The fourth-order valence-electron chi connectivity index (χ4n) is 2.24. The van der Waals surface area contributed by atoms with E-state index in [0.29, 0.717) is 25.5 Å². The number of sulfonamides is 1. The van der Waals surface area contributed by atoms with Gasteiger partial charge in [-0.25, -0.2) is 13.1 Å². The van der Waals surface area contributed by atoms with Gasteiger partial charge in [-0.05, 0) is 20.3 Å². The lowest BCUT2D eigenvalue weighted by Crippen LogP contribution is -2.46. The molecule has 2 N–H and O–H groups in total. The first-order valence-electron chi connectivity index (χ1n) is 7.34. The Morgan fingerprint density at radius 3 is 2.55 bits per heavy atom. The van der Waals surface area contributed by atoms with E-state index < -0.39 is 15.3 Å². The minimum Gasteiger partial charge on any atom is -0.347 e. The van der Waals surface area contributed by atoms with Crippen molar-refractivity contribution in [3.63, 3.8) is 0 Å². The number of guanidine groups is 1. The van der Waals surface area contributed by atoms with E-state index in [4.69, 9.17) is 0 Å². The summed E-state index contributed by atoms with van der Waals surface area (Å²) in [6.45, 7) is 4.71. The topological polar surface area (TPSA) is 94.1 Å². The van der Waals surface area contributed by atoms with Crippen molar-refractivity contribution in [2.24, 2.45) is 4.99 Å². The van der Waals surface area contributed by atoms with E-state index in [-0.39, 0.29) is 18.5 Å². The molecule has 0 saturated carbocycles. The maximum Gasteiger partial charge on any atom is 0.241 e. The predicted molar refractivity (Wildman–Crippen MR) is 87.2 cm³/mol. The molecule has 0 aromatic rings. The fourth-order valence-corrected chi connectivity index (χ4v) is 3.89. The summed E-state index contributed by atoms with van der Waals surface area (Å²) in [5.41, 5.74) is 0. The van der Waals surface area contributed by atoms with Crippen LogP contribution in [0.1, 0.15) is 20.3 Å². The molecule has 1 saturated heterocycles. The number of hydrogen-bond acceptors (Lipinski definition) is 4. The van der Waals surface area contributed by atoms with Crippen molar-refractivity contribution in [1.29, 1.82) is 0 Å². The van der Waals surface area contributed by atoms with E-state index in [1.165, 1.54) is 4.90 Å². The van der Waals surface area contributed by atoms with Gasteiger partial charge in [0.25, 0.3) is 0 Å². The highest BCUT2D eigenvalue weighted by atomic mass is 32.2. The van der Waals surface area contributed by atoms with Gasteiger partial charge in [-0.1, -0.05) is 0 Å². The Hall–Kier alpha value is -1.35. The van der Waals surface area contributed by atoms with Gasteiger partial charge in [-0.2, -0.15) is 0 Å². The molecule has 9 heteroatoms. The van der Waals surface area contributed by atoms with Crippen LogP contribution in [-0.4, -0.2) is 82.2 Å². The summed E-state index contributed by atoms with van der Waals surface area (Å²) < 4.78 is 27.0. The van der Waals surface area contributed by atoms with Gasteiger partial charge in [-0.3, -0.25) is 9.79 Å². The highest BCUT2D eigenvalue weighted by Crippen LogP contribution is 2.16. The van der Waals surface area contributed by atoms with E-state index in [0.717, 1.165) is 0 Å². The van der Waals surface area contributed by atoms with Crippen molar-refractivity contribution >= 4 is 21.9 Å². The summed E-state index contributed by atoms with van der Waals surface area (Å²) >= 11 is 0. The zero-order valence-corrected chi connectivity index (χ0v) is 14.8. The van der Waals surface area contributed by atoms with Crippen molar-refractivity contribution in [2.45, 2.75) is 31.6 Å². The number of likely N-dealkylation sites (N-methyl/N-ethyl adjacent to an activating group) is 1. The third-order valence-corrected chi connectivity index (χ3v) is 5.45. The molecule has 8 nitrogen and oxygen atoms in total. The van der Waals surface area contributed by atoms with Crippen LogP contribution in [-0.2, 0) is 14.8 Å². The summed E-state index contributed by atoms with van der Waals surface area (Å²) in [5.74, 6) is 0.489. The van der Waals surface area contributed by atoms with Crippen LogP contribution >= 0.6 is 0 Å². The van der Waals surface area contributed by atoms with Crippen molar-refractivity contribution in [2.75, 3.05) is 40.8 Å². The molecule has 1 unspecified atom stereocenters. The minimum atomic E-state index is -3.33. The molecule has 0 aliphatic carbocycles. The van der Waals surface area contributed by atoms with Gasteiger partial charge >= 0.3 is 0 Å². The Bertz CT molecular complexity index is 516. The molecule has 1 aliphatic rings. The molecule has 1 fully saturated rings. The SMILES string of the molecule is CN=C(NCC(=O)N(C)C)N1CCC(S(=O)(=O)NC(C)C)C1. The second-order valence-electron chi connectivity index (χ2n) is 5.86. The average molecular weight is 333 g/mol. The third-order valence-electron chi connectivity index (χ3n) is 3.39. The van der Waals surface area contributed by atoms with Gasteiger partial charge in [0.05, 0.1) is 11.8 Å². The number of nitrogens with zero attached hydrogens (tertiary/aromatic N) is 3. The molecule has 0 spiro atoms. The number of carbonyl (C=O) groups excluding carboxylic acids is 1. The summed E-state index contributed by atoms with van der Waals surface area (Å²) in [6, 6.07) is -0.116. The lowest BCUT2D eigenvalue weighted by molar-refractivity contribution is -0.127. The predicted octanol–water partition coefficient (Wildman–Crippen LogP) is -0.948. The molecule has 0 bridgehead atoms. The number of carbonyl (C=O) groups is 1. The summed E-state index contributed by atoms with van der Waals surface area (Å²) in [6.07, 6.45) is 0.546. The van der Waals surface area contributed by atoms with E-state index in [1.807, 2.05) is 4.90 Å². The van der Waals surface area contributed by atoms with Gasteiger partial charge in [0, 0.05) is 40.3 Å². The lowest BCUT2D eigenvalue weighted by Gasteiger charge is -2.22. The van der Waals surface area contributed by atoms with Gasteiger partial charge < -0.3 is 15.1 Å². The van der Waals surface area contributed by atoms with Crippen LogP contribution in [0.15, 0.2) is 4.99 Å². The summed E-state index contributed by atoms with van der Waals surface area (Å²) in [5, 5.41) is 2.51. The number of amides is 1. The Balaban J connectivity index is 2.62. The van der Waals surface area contributed by atoms with Crippen LogP contribution in [0.4, 0.5) is 0 Å². The van der Waals surface area contributed by atoms with E-state index >= 15 is 0 Å². The van der Waals surface area contributed by atoms with Crippen LogP contribution in [0.3, 0.4) is 0 Å². The van der Waals surface area contributed by atoms with Gasteiger partial charge in [0.15, 0.2) is 5.96 Å². The average Bonchev–Trinajstić information content (AvgIpc) is 2.88. The summed E-state index contributed by atoms with van der Waals surface area (Å²) in [4.78, 5) is 19.1. The molecule has 0 aromatic heterocycles. The van der Waals surface area contributed by atoms with Gasteiger partial charge in [0.1, 0.15) is 0 Å². The van der Waals surface area contributed by atoms with E-state index in [9.17, 15) is 13.2 Å². The standard InChI is InChI=1S/C13H27N5O3S/c1-10(2)16-22(20,21)11-6-7-18(9-11)13(14-3)15-8-12(19)17(4)5/h10-11,16H,6-9H2,1-5H3,(H,14,15). The number of aliphatic imine (C=N–C) groups is 1. The van der Waals surface area contributed by atoms with Gasteiger partial charge in [0.2, 0.25) is 15.9 Å². The molecule has 22 heavy (non-hydrogen) atoms. The Labute approximate surface area is 133 Å². The Morgan fingerprint density at radius 1 is 1.41 bits per heavy atom. The Kier molecular flexibility index (Phi) is 6.61. The lowest BCUT2D eigenvalue weighted by atomic mass is 10.4. The van der Waals surface area contributed by atoms with Crippen LogP contribution in [0.25, 0.3) is 0 Å². The van der Waals surface area contributed by atoms with Crippen LogP contribution < -0.4 is 10.0 Å². The first kappa shape index (κ1) is 18.7. The number of nitrogens with one attached hydrogen (secondary N) is 2. The molecule has 1 heterocycles. The number of hydrogen-bond donors (Lipinski definition) is 2. The van der Waals surface area contributed by atoms with Crippen molar-refractivity contribution in [1.82, 2.24) is 19.8 Å². The third kappa shape index (κ3) is 5.13. The van der Waals surface area contributed by atoms with E-state index in [1.54, 1.807) is 35.0 Å². The largest absolute Gasteiger partial charge is 0.347 e. The monoisotopic (exact) mass is 333 g/mol. The van der Waals surface area contributed by atoms with Crippen molar-refractivity contribution in [3.8, 4) is 0 Å². The second-order valence-corrected chi connectivity index (χ2v) is 7.86. The maximum absolute atomic E-state index is 12.2. The molecular weight excluding hydrogens is 306 g/mol. The minimum absolute atomic E-state index is 0.0639. The van der Waals surface area contributed by atoms with Crippen LogP contribution in [0.5, 0.6) is 0 Å². The van der Waals surface area contributed by atoms with Crippen molar-refractivity contribution in [3.05, 3.63) is 0 Å². The normalized spacial score (nSPS) is 19.6. The number of rotatable bonds is 5. The molecule has 128 valence electrons. The molecule has 0 aromatic carbocycles. The quantitative estimate of drug-likeness (QED) is 0.500. The van der Waals surface area contributed by atoms with Crippen LogP contribution in [0.2, 0.25) is 0 Å². The fraction of sp³-hybridized carbons (Fsp3) is 0.846. The van der Waals surface area contributed by atoms with Crippen LogP contribution in [0, 0.1) is 0 Å². The molecule has 0 radical (unpaired) electrons. The smallest absolute Gasteiger partial charge is 0.241 e. The first-order valence-corrected chi connectivity index (χ1v) is 8.89. The number of likely N-dealkylation sites (tertiary alicyclic amines) is 1. The first-order chi connectivity index (χ1) is 10.2. The summed E-state index contributed by atoms with van der Waals surface area (Å²) in [7, 11) is 1.66. The molecule has 1 rings (SSSR count). The molecule has 1 aliphatic heterocycles. The van der Waals surface area contributed by atoms with E-state index in [2.05, 4.69) is 15.0 Å². The zero-order chi connectivity index (χ0) is 16.9. The maximum atomic E-state index is 12.2. The molecular formula is C13H27N5O3S. The Morgan fingerprint density at radius 2 is 2.05 bits per heavy atom. The highest BCUT2D eigenvalue weighted by Gasteiger charge is 2.34. The highest BCUT2D eigenvalue weighted by molar-refractivity contribution is 7.90.